The molecule has 2 aromatic heterocycles. The van der Waals surface area contributed by atoms with Gasteiger partial charge in [-0.25, -0.2) is 18.7 Å². The first-order valence-electron chi connectivity index (χ1n) is 10.4. The van der Waals surface area contributed by atoms with Crippen molar-refractivity contribution in [2.75, 3.05) is 23.4 Å². The number of carbonyl (C=O) groups excluding carboxylic acids is 1. The summed E-state index contributed by atoms with van der Waals surface area (Å²) >= 11 is 0. The fraction of sp³-hybridized carbons (Fsp3) is 0.364. The third-order valence-electron chi connectivity index (χ3n) is 6.41. The Labute approximate surface area is 178 Å². The van der Waals surface area contributed by atoms with E-state index in [1.165, 1.54) is 18.3 Å². The summed E-state index contributed by atoms with van der Waals surface area (Å²) in [6, 6.07) is 3.36. The van der Waals surface area contributed by atoms with Gasteiger partial charge in [-0.2, -0.15) is 4.98 Å². The lowest BCUT2D eigenvalue weighted by molar-refractivity contribution is -0.124. The van der Waals surface area contributed by atoms with E-state index in [1.54, 1.807) is 28.9 Å². The number of rotatable bonds is 3. The van der Waals surface area contributed by atoms with E-state index >= 15 is 0 Å². The molecule has 31 heavy (non-hydrogen) atoms. The van der Waals surface area contributed by atoms with Gasteiger partial charge in [0.25, 0.3) is 5.91 Å². The molecular formula is C22H22F2N6O. The molecule has 0 aliphatic carbocycles. The molecule has 9 heteroatoms. The Kier molecular flexibility index (Phi) is 4.49. The van der Waals surface area contributed by atoms with Crippen molar-refractivity contribution in [3.8, 4) is 17.3 Å². The van der Waals surface area contributed by atoms with Crippen LogP contribution >= 0.6 is 0 Å². The molecule has 0 N–H and O–H groups in total. The lowest BCUT2D eigenvalue weighted by Crippen LogP contribution is -2.64. The monoisotopic (exact) mass is 424 g/mol. The van der Waals surface area contributed by atoms with Crippen LogP contribution in [0.25, 0.3) is 17.3 Å². The van der Waals surface area contributed by atoms with Crippen LogP contribution in [0.15, 0.2) is 36.8 Å². The minimum absolute atomic E-state index is 0.0650. The number of piperidine rings is 1. The van der Waals surface area contributed by atoms with Crippen molar-refractivity contribution in [2.45, 2.75) is 38.1 Å². The van der Waals surface area contributed by atoms with Gasteiger partial charge in [0.1, 0.15) is 28.7 Å². The molecular weight excluding hydrogens is 402 g/mol. The summed E-state index contributed by atoms with van der Waals surface area (Å²) in [4.78, 5) is 30.5. The highest BCUT2D eigenvalue weighted by atomic mass is 19.1. The molecule has 1 atom stereocenters. The van der Waals surface area contributed by atoms with Crippen LogP contribution in [0.3, 0.4) is 0 Å². The maximum atomic E-state index is 14.4. The lowest BCUT2D eigenvalue weighted by atomic mass is 9.81. The van der Waals surface area contributed by atoms with Crippen molar-refractivity contribution in [3.05, 3.63) is 48.4 Å². The van der Waals surface area contributed by atoms with Crippen molar-refractivity contribution in [1.29, 1.82) is 0 Å². The van der Waals surface area contributed by atoms with Gasteiger partial charge >= 0.3 is 0 Å². The van der Waals surface area contributed by atoms with Crippen molar-refractivity contribution < 1.29 is 13.6 Å². The number of likely N-dealkylation sites (N-methyl/N-ethyl adjacent to an activating group) is 1. The molecule has 0 radical (unpaired) electrons. The number of imidazole rings is 1. The second kappa shape index (κ2) is 7.11. The SMILES string of the molecule is CC[C@]12CCCCN1c1nc(-n3ccnc3-c3ccc(F)cc3F)ncc1N(C)C2=O. The van der Waals surface area contributed by atoms with Gasteiger partial charge in [0.2, 0.25) is 5.95 Å². The third-order valence-corrected chi connectivity index (χ3v) is 6.41. The van der Waals surface area contributed by atoms with Crippen LogP contribution in [0.2, 0.25) is 0 Å². The normalized spacial score (nSPS) is 20.6. The number of fused-ring (bicyclic) bond motifs is 3. The highest BCUT2D eigenvalue weighted by Gasteiger charge is 2.51. The number of benzene rings is 1. The van der Waals surface area contributed by atoms with Crippen LogP contribution in [0.4, 0.5) is 20.3 Å². The third kappa shape index (κ3) is 2.83. The summed E-state index contributed by atoms with van der Waals surface area (Å²) in [5, 5.41) is 0. The van der Waals surface area contributed by atoms with E-state index in [-0.39, 0.29) is 17.3 Å². The van der Waals surface area contributed by atoms with Crippen LogP contribution in [0.1, 0.15) is 32.6 Å². The molecule has 0 bridgehead atoms. The summed E-state index contributed by atoms with van der Waals surface area (Å²) in [6.45, 7) is 2.77. The Balaban J connectivity index is 1.64. The first kappa shape index (κ1) is 19.6. The van der Waals surface area contributed by atoms with Crippen molar-refractivity contribution in [1.82, 2.24) is 19.5 Å². The molecule has 5 rings (SSSR count). The van der Waals surface area contributed by atoms with E-state index in [1.807, 2.05) is 6.92 Å². The van der Waals surface area contributed by atoms with Gasteiger partial charge in [-0.3, -0.25) is 9.36 Å². The standard InChI is InChI=1S/C22H22F2N6O/c1-3-22-8-4-5-10-30(22)19-17(28(2)20(22)31)13-26-21(27-19)29-11-9-25-18(29)15-7-6-14(23)12-16(15)24/h6-7,9,11-13H,3-5,8,10H2,1-2H3/t22-/m1/s1. The van der Waals surface area contributed by atoms with Crippen molar-refractivity contribution in [2.24, 2.45) is 0 Å². The first-order valence-corrected chi connectivity index (χ1v) is 10.4. The van der Waals surface area contributed by atoms with Crippen LogP contribution in [0, 0.1) is 11.6 Å². The molecule has 1 saturated heterocycles. The molecule has 0 unspecified atom stereocenters. The lowest BCUT2D eigenvalue weighted by Gasteiger charge is -2.51. The predicted octanol–water partition coefficient (Wildman–Crippen LogP) is 3.72. The molecule has 7 nitrogen and oxygen atoms in total. The minimum atomic E-state index is -0.711. The summed E-state index contributed by atoms with van der Waals surface area (Å²) in [7, 11) is 1.75. The number of amides is 1. The number of hydrogen-bond acceptors (Lipinski definition) is 5. The predicted molar refractivity (Wildman–Crippen MR) is 112 cm³/mol. The minimum Gasteiger partial charge on any atom is -0.340 e. The number of halogens is 2. The molecule has 1 fully saturated rings. The number of anilines is 2. The summed E-state index contributed by atoms with van der Waals surface area (Å²) in [6.07, 6.45) is 8.22. The number of aromatic nitrogens is 4. The summed E-state index contributed by atoms with van der Waals surface area (Å²) < 4.78 is 29.3. The number of hydrogen-bond donors (Lipinski definition) is 0. The van der Waals surface area contributed by atoms with Gasteiger partial charge < -0.3 is 9.80 Å². The Morgan fingerprint density at radius 1 is 1.19 bits per heavy atom. The van der Waals surface area contributed by atoms with Crippen LogP contribution in [0.5, 0.6) is 0 Å². The molecule has 4 heterocycles. The average Bonchev–Trinajstić information content (AvgIpc) is 3.26. The Morgan fingerprint density at radius 3 is 2.81 bits per heavy atom. The molecule has 2 aliphatic rings. The van der Waals surface area contributed by atoms with E-state index in [9.17, 15) is 13.6 Å². The highest BCUT2D eigenvalue weighted by molar-refractivity contribution is 6.07. The molecule has 0 spiro atoms. The second-order valence-electron chi connectivity index (χ2n) is 7.98. The van der Waals surface area contributed by atoms with Crippen LogP contribution < -0.4 is 9.80 Å². The maximum absolute atomic E-state index is 14.4. The quantitative estimate of drug-likeness (QED) is 0.641. The zero-order chi connectivity index (χ0) is 21.8. The van der Waals surface area contributed by atoms with Crippen LogP contribution in [-0.4, -0.2) is 44.6 Å². The molecule has 1 amide bonds. The summed E-state index contributed by atoms with van der Waals surface area (Å²) in [5.41, 5.74) is 0.196. The van der Waals surface area contributed by atoms with Gasteiger partial charge in [-0.15, -0.1) is 0 Å². The largest absolute Gasteiger partial charge is 0.340 e. The van der Waals surface area contributed by atoms with E-state index in [2.05, 4.69) is 14.9 Å². The average molecular weight is 424 g/mol. The van der Waals surface area contributed by atoms with Crippen LogP contribution in [-0.2, 0) is 4.79 Å². The fourth-order valence-electron chi connectivity index (χ4n) is 4.75. The molecule has 2 aliphatic heterocycles. The van der Waals surface area contributed by atoms with Gasteiger partial charge in [0.15, 0.2) is 5.82 Å². The van der Waals surface area contributed by atoms with Gasteiger partial charge in [0.05, 0.1) is 11.8 Å². The fourth-order valence-corrected chi connectivity index (χ4v) is 4.75. The molecule has 160 valence electrons. The van der Waals surface area contributed by atoms with Gasteiger partial charge in [0, 0.05) is 32.1 Å². The smallest absolute Gasteiger partial charge is 0.252 e. The second-order valence-corrected chi connectivity index (χ2v) is 7.98. The van der Waals surface area contributed by atoms with Gasteiger partial charge in [-0.05, 0) is 37.8 Å². The zero-order valence-electron chi connectivity index (χ0n) is 17.3. The van der Waals surface area contributed by atoms with E-state index in [0.29, 0.717) is 23.9 Å². The van der Waals surface area contributed by atoms with E-state index < -0.39 is 17.2 Å². The highest BCUT2D eigenvalue weighted by Crippen LogP contribution is 2.44. The molecule has 3 aromatic rings. The topological polar surface area (TPSA) is 67.2 Å². The van der Waals surface area contributed by atoms with Gasteiger partial charge in [-0.1, -0.05) is 6.92 Å². The molecule has 1 aromatic carbocycles. The summed E-state index contributed by atoms with van der Waals surface area (Å²) in [5.74, 6) is -0.0237. The Hall–Kier alpha value is -3.36. The molecule has 0 saturated carbocycles. The van der Waals surface area contributed by atoms with Crippen molar-refractivity contribution in [3.63, 3.8) is 0 Å². The Morgan fingerprint density at radius 2 is 2.03 bits per heavy atom. The zero-order valence-corrected chi connectivity index (χ0v) is 17.3. The van der Waals surface area contributed by atoms with E-state index in [0.717, 1.165) is 31.9 Å². The van der Waals surface area contributed by atoms with Crippen molar-refractivity contribution >= 4 is 17.4 Å². The maximum Gasteiger partial charge on any atom is 0.252 e. The van der Waals surface area contributed by atoms with E-state index in [4.69, 9.17) is 4.98 Å². The Bertz CT molecular complexity index is 1180. The number of nitrogens with zero attached hydrogens (tertiary/aromatic N) is 6. The number of carbonyl (C=O) groups is 1. The first-order chi connectivity index (χ1) is 15.0.